The number of aryl methyl sites for hydroxylation is 2. The maximum Gasteiger partial charge on any atom is 0.119 e. The normalized spacial score (nSPS) is 12.6. The molecule has 1 rings (SSSR count). The predicted octanol–water partition coefficient (Wildman–Crippen LogP) is 3.48. The maximum atomic E-state index is 6.00. The van der Waals surface area contributed by atoms with E-state index in [9.17, 15) is 0 Å². The molecule has 0 aromatic heterocycles. The number of alkyl halides is 1. The van der Waals surface area contributed by atoms with Gasteiger partial charge in [-0.2, -0.15) is 0 Å². The van der Waals surface area contributed by atoms with Gasteiger partial charge in [0.1, 0.15) is 5.75 Å². The van der Waals surface area contributed by atoms with Gasteiger partial charge in [-0.05, 0) is 56.0 Å². The quantitative estimate of drug-likeness (QED) is 0.698. The Labute approximate surface area is 91.0 Å². The van der Waals surface area contributed by atoms with Crippen molar-refractivity contribution in [3.8, 4) is 5.75 Å². The van der Waals surface area contributed by atoms with Gasteiger partial charge in [-0.25, -0.2) is 0 Å². The van der Waals surface area contributed by atoms with Gasteiger partial charge in [0.25, 0.3) is 0 Å². The van der Waals surface area contributed by atoms with E-state index in [1.54, 1.807) is 7.11 Å². The first-order valence-corrected chi connectivity index (χ1v) is 5.26. The summed E-state index contributed by atoms with van der Waals surface area (Å²) in [6.45, 7) is 6.22. The Balaban J connectivity index is 3.05. The number of ether oxygens (including phenoxy) is 1. The summed E-state index contributed by atoms with van der Waals surface area (Å²) in [4.78, 5) is 0. The Bertz CT molecular complexity index is 295. The van der Waals surface area contributed by atoms with Crippen LogP contribution in [0.3, 0.4) is 0 Å². The van der Waals surface area contributed by atoms with Gasteiger partial charge in [0.2, 0.25) is 0 Å². The average molecular weight is 213 g/mol. The van der Waals surface area contributed by atoms with Crippen molar-refractivity contribution in [2.45, 2.75) is 32.6 Å². The van der Waals surface area contributed by atoms with Crippen LogP contribution < -0.4 is 4.74 Å². The monoisotopic (exact) mass is 212 g/mol. The zero-order valence-corrected chi connectivity index (χ0v) is 9.98. The van der Waals surface area contributed by atoms with Crippen LogP contribution in [0.15, 0.2) is 12.1 Å². The summed E-state index contributed by atoms with van der Waals surface area (Å²) in [5.41, 5.74) is 3.86. The molecule has 1 aromatic carbocycles. The lowest BCUT2D eigenvalue weighted by Gasteiger charge is -2.13. The first-order chi connectivity index (χ1) is 6.54. The Hall–Kier alpha value is -0.690. The summed E-state index contributed by atoms with van der Waals surface area (Å²) in [6.07, 6.45) is 0.920. The zero-order chi connectivity index (χ0) is 10.7. The van der Waals surface area contributed by atoms with Crippen LogP contribution in [0.5, 0.6) is 5.75 Å². The molecule has 0 bridgehead atoms. The van der Waals surface area contributed by atoms with E-state index in [2.05, 4.69) is 26.0 Å². The minimum Gasteiger partial charge on any atom is -0.497 e. The van der Waals surface area contributed by atoms with E-state index in [1.165, 1.54) is 16.7 Å². The highest BCUT2D eigenvalue weighted by atomic mass is 35.5. The minimum atomic E-state index is 0.181. The molecule has 0 N–H and O–H groups in total. The number of hydrogen-bond acceptors (Lipinski definition) is 1. The molecule has 0 aliphatic heterocycles. The Morgan fingerprint density at radius 2 is 1.79 bits per heavy atom. The van der Waals surface area contributed by atoms with E-state index < -0.39 is 0 Å². The van der Waals surface area contributed by atoms with E-state index >= 15 is 0 Å². The van der Waals surface area contributed by atoms with Crippen molar-refractivity contribution in [2.75, 3.05) is 7.11 Å². The van der Waals surface area contributed by atoms with E-state index in [-0.39, 0.29) is 5.38 Å². The molecule has 78 valence electrons. The van der Waals surface area contributed by atoms with Crippen LogP contribution in [-0.2, 0) is 6.42 Å². The summed E-state index contributed by atoms with van der Waals surface area (Å²) in [7, 11) is 1.69. The number of methoxy groups -OCH3 is 1. The van der Waals surface area contributed by atoms with Crippen LogP contribution in [0.1, 0.15) is 23.6 Å². The molecule has 0 aliphatic carbocycles. The molecule has 0 saturated carbocycles. The van der Waals surface area contributed by atoms with Crippen molar-refractivity contribution in [2.24, 2.45) is 0 Å². The van der Waals surface area contributed by atoms with Crippen LogP contribution in [0.2, 0.25) is 0 Å². The fourth-order valence-corrected chi connectivity index (χ4v) is 1.83. The van der Waals surface area contributed by atoms with Crippen LogP contribution in [0.25, 0.3) is 0 Å². The second-order valence-corrected chi connectivity index (χ2v) is 4.47. The molecule has 0 heterocycles. The van der Waals surface area contributed by atoms with Gasteiger partial charge >= 0.3 is 0 Å². The topological polar surface area (TPSA) is 9.23 Å². The Morgan fingerprint density at radius 1 is 1.29 bits per heavy atom. The van der Waals surface area contributed by atoms with E-state index in [0.29, 0.717) is 0 Å². The highest BCUT2D eigenvalue weighted by molar-refractivity contribution is 6.20. The number of rotatable bonds is 3. The van der Waals surface area contributed by atoms with Crippen LogP contribution >= 0.6 is 11.6 Å². The van der Waals surface area contributed by atoms with Crippen LogP contribution in [-0.4, -0.2) is 12.5 Å². The van der Waals surface area contributed by atoms with Gasteiger partial charge in [0.15, 0.2) is 0 Å². The van der Waals surface area contributed by atoms with Crippen molar-refractivity contribution < 1.29 is 4.74 Å². The zero-order valence-electron chi connectivity index (χ0n) is 9.23. The van der Waals surface area contributed by atoms with Crippen molar-refractivity contribution in [3.63, 3.8) is 0 Å². The third-order valence-electron chi connectivity index (χ3n) is 2.39. The smallest absolute Gasteiger partial charge is 0.119 e. The third kappa shape index (κ3) is 2.65. The highest BCUT2D eigenvalue weighted by Gasteiger charge is 2.07. The van der Waals surface area contributed by atoms with E-state index in [0.717, 1.165) is 12.2 Å². The molecule has 0 aliphatic rings. The molecular weight excluding hydrogens is 196 g/mol. The minimum absolute atomic E-state index is 0.181. The van der Waals surface area contributed by atoms with Crippen molar-refractivity contribution >= 4 is 11.6 Å². The molecule has 1 atom stereocenters. The van der Waals surface area contributed by atoms with Crippen LogP contribution in [0.4, 0.5) is 0 Å². The van der Waals surface area contributed by atoms with Crippen molar-refractivity contribution in [1.29, 1.82) is 0 Å². The van der Waals surface area contributed by atoms with E-state index in [4.69, 9.17) is 16.3 Å². The number of benzene rings is 1. The standard InChI is InChI=1S/C12H17ClO/c1-8-5-11(14-4)6-9(2)12(8)7-10(3)13/h5-6,10H,7H2,1-4H3. The SMILES string of the molecule is COc1cc(C)c(CC(C)Cl)c(C)c1. The summed E-state index contributed by atoms with van der Waals surface area (Å²) >= 11 is 6.00. The maximum absolute atomic E-state index is 6.00. The second kappa shape index (κ2) is 4.70. The Morgan fingerprint density at radius 3 is 2.14 bits per heavy atom. The summed E-state index contributed by atoms with van der Waals surface area (Å²) in [6, 6.07) is 4.11. The predicted molar refractivity (Wildman–Crippen MR) is 61.5 cm³/mol. The Kier molecular flexibility index (Phi) is 3.82. The molecule has 1 nitrogen and oxygen atoms in total. The molecule has 0 amide bonds. The first-order valence-electron chi connectivity index (χ1n) is 4.82. The lowest BCUT2D eigenvalue weighted by atomic mass is 9.98. The molecule has 2 heteroatoms. The molecule has 14 heavy (non-hydrogen) atoms. The molecule has 0 saturated heterocycles. The number of halogens is 1. The first kappa shape index (κ1) is 11.4. The van der Waals surface area contributed by atoms with Crippen molar-refractivity contribution in [1.82, 2.24) is 0 Å². The molecule has 1 aromatic rings. The van der Waals surface area contributed by atoms with Crippen LogP contribution in [0, 0.1) is 13.8 Å². The lowest BCUT2D eigenvalue weighted by molar-refractivity contribution is 0.414. The van der Waals surface area contributed by atoms with Gasteiger partial charge in [-0.1, -0.05) is 0 Å². The average Bonchev–Trinajstić information content (AvgIpc) is 2.10. The van der Waals surface area contributed by atoms with Gasteiger partial charge in [0.05, 0.1) is 7.11 Å². The molecular formula is C12H17ClO. The van der Waals surface area contributed by atoms with Gasteiger partial charge < -0.3 is 4.74 Å². The molecule has 0 spiro atoms. The fourth-order valence-electron chi connectivity index (χ4n) is 1.67. The second-order valence-electron chi connectivity index (χ2n) is 3.72. The molecule has 1 unspecified atom stereocenters. The van der Waals surface area contributed by atoms with Gasteiger partial charge in [-0.15, -0.1) is 11.6 Å². The van der Waals surface area contributed by atoms with E-state index in [1.807, 2.05) is 6.92 Å². The third-order valence-corrected chi connectivity index (χ3v) is 2.54. The van der Waals surface area contributed by atoms with Gasteiger partial charge in [-0.3, -0.25) is 0 Å². The summed E-state index contributed by atoms with van der Waals surface area (Å²) in [5.74, 6) is 0.922. The highest BCUT2D eigenvalue weighted by Crippen LogP contribution is 2.23. The summed E-state index contributed by atoms with van der Waals surface area (Å²) < 4.78 is 5.20. The lowest BCUT2D eigenvalue weighted by Crippen LogP contribution is -2.02. The van der Waals surface area contributed by atoms with Crippen molar-refractivity contribution in [3.05, 3.63) is 28.8 Å². The summed E-state index contributed by atoms with van der Waals surface area (Å²) in [5, 5.41) is 0.181. The molecule has 0 fully saturated rings. The molecule has 0 radical (unpaired) electrons. The fraction of sp³-hybridized carbons (Fsp3) is 0.500. The largest absolute Gasteiger partial charge is 0.497 e. The number of hydrogen-bond donors (Lipinski definition) is 0. The van der Waals surface area contributed by atoms with Gasteiger partial charge in [0, 0.05) is 5.38 Å².